The lowest BCUT2D eigenvalue weighted by Gasteiger charge is -2.28. The summed E-state index contributed by atoms with van der Waals surface area (Å²) in [5.74, 6) is 0.787. The van der Waals surface area contributed by atoms with Gasteiger partial charge in [-0.05, 0) is 80.0 Å². The number of nitrogens with zero attached hydrogens (tertiary/aromatic N) is 3. The highest BCUT2D eigenvalue weighted by molar-refractivity contribution is 7.99. The van der Waals surface area contributed by atoms with Crippen molar-refractivity contribution in [2.45, 2.75) is 55.3 Å². The number of carbonyl (C=O) groups excluding carboxylic acids is 1. The van der Waals surface area contributed by atoms with Gasteiger partial charge in [-0.15, -0.1) is 16.9 Å². The summed E-state index contributed by atoms with van der Waals surface area (Å²) in [6.07, 6.45) is 4.08. The van der Waals surface area contributed by atoms with Crippen LogP contribution in [0.25, 0.3) is 0 Å². The molecule has 0 spiro atoms. The Kier molecular flexibility index (Phi) is 8.40. The minimum Gasteiger partial charge on any atom is -0.497 e. The van der Waals surface area contributed by atoms with Gasteiger partial charge in [0.15, 0.2) is 0 Å². The third-order valence-electron chi connectivity index (χ3n) is 5.96. The van der Waals surface area contributed by atoms with Crippen LogP contribution in [0.3, 0.4) is 0 Å². The molecular formula is C25H27Cl2N3O3S. The smallest absolute Gasteiger partial charge is 0.361 e. The van der Waals surface area contributed by atoms with E-state index in [1.807, 2.05) is 36.4 Å². The molecule has 6 nitrogen and oxygen atoms in total. The number of methoxy groups -OCH3 is 1. The van der Waals surface area contributed by atoms with Crippen molar-refractivity contribution >= 4 is 40.9 Å². The predicted molar refractivity (Wildman–Crippen MR) is 135 cm³/mol. The highest BCUT2D eigenvalue weighted by Gasteiger charge is 2.28. The monoisotopic (exact) mass is 519 g/mol. The maximum atomic E-state index is 12.6. The van der Waals surface area contributed by atoms with Crippen molar-refractivity contribution in [2.75, 3.05) is 13.7 Å². The first-order chi connectivity index (χ1) is 16.5. The van der Waals surface area contributed by atoms with Gasteiger partial charge in [-0.1, -0.05) is 40.5 Å². The lowest BCUT2D eigenvalue weighted by atomic mass is 9.84. The van der Waals surface area contributed by atoms with Gasteiger partial charge in [-0.3, -0.25) is 0 Å². The van der Waals surface area contributed by atoms with E-state index < -0.39 is 5.97 Å². The number of ether oxygens (including phenoxy) is 2. The van der Waals surface area contributed by atoms with Crippen LogP contribution in [0.5, 0.6) is 5.75 Å². The second-order valence-corrected chi connectivity index (χ2v) is 10.4. The van der Waals surface area contributed by atoms with Crippen molar-refractivity contribution in [1.29, 1.82) is 0 Å². The number of aromatic nitrogens is 3. The van der Waals surface area contributed by atoms with E-state index in [0.29, 0.717) is 34.4 Å². The molecule has 0 radical (unpaired) electrons. The molecule has 1 saturated carbocycles. The van der Waals surface area contributed by atoms with Crippen LogP contribution in [0.4, 0.5) is 0 Å². The Bertz CT molecular complexity index is 1110. The summed E-state index contributed by atoms with van der Waals surface area (Å²) >= 11 is 14.1. The van der Waals surface area contributed by atoms with Crippen molar-refractivity contribution in [1.82, 2.24) is 15.0 Å². The first-order valence-corrected chi connectivity index (χ1v) is 13.0. The molecule has 1 aliphatic rings. The van der Waals surface area contributed by atoms with Crippen LogP contribution in [-0.2, 0) is 11.3 Å². The van der Waals surface area contributed by atoms with E-state index >= 15 is 0 Å². The molecule has 1 aliphatic carbocycles. The van der Waals surface area contributed by atoms with Crippen molar-refractivity contribution in [3.8, 4) is 5.75 Å². The zero-order valence-electron chi connectivity index (χ0n) is 19.2. The van der Waals surface area contributed by atoms with Crippen molar-refractivity contribution in [3.63, 3.8) is 0 Å². The third kappa shape index (κ3) is 6.06. The first-order valence-electron chi connectivity index (χ1n) is 11.3. The first kappa shape index (κ1) is 24.9. The minimum atomic E-state index is -0.437. The summed E-state index contributed by atoms with van der Waals surface area (Å²) in [5.41, 5.74) is 2.52. The molecule has 9 heteroatoms. The quantitative estimate of drug-likeness (QED) is 0.311. The molecule has 34 heavy (non-hydrogen) atoms. The fourth-order valence-electron chi connectivity index (χ4n) is 4.24. The SMILES string of the molecule is CCOC(=O)c1nnn(Cc2ccc(OC)cc2)c1S[C@H]1CC[C@@H](c2cc(Cl)cc(Cl)c2)CC1. The average Bonchev–Trinajstić information content (AvgIpc) is 3.21. The van der Waals surface area contributed by atoms with Gasteiger partial charge in [0.05, 0.1) is 20.3 Å². The highest BCUT2D eigenvalue weighted by Crippen LogP contribution is 2.41. The second-order valence-electron chi connectivity index (χ2n) is 8.26. The molecule has 1 fully saturated rings. The number of benzene rings is 2. The van der Waals surface area contributed by atoms with Gasteiger partial charge in [0.25, 0.3) is 0 Å². The number of hydrogen-bond acceptors (Lipinski definition) is 6. The molecule has 2 aromatic carbocycles. The lowest BCUT2D eigenvalue weighted by molar-refractivity contribution is 0.0515. The molecule has 0 amide bonds. The van der Waals surface area contributed by atoms with Gasteiger partial charge in [0.2, 0.25) is 5.69 Å². The highest BCUT2D eigenvalue weighted by atomic mass is 35.5. The fourth-order valence-corrected chi connectivity index (χ4v) is 6.06. The molecule has 0 aliphatic heterocycles. The van der Waals surface area contributed by atoms with Crippen LogP contribution >= 0.6 is 35.0 Å². The number of hydrogen-bond donors (Lipinski definition) is 0. The zero-order chi connectivity index (χ0) is 24.1. The van der Waals surface area contributed by atoms with Crippen LogP contribution in [0, 0.1) is 0 Å². The van der Waals surface area contributed by atoms with Crippen LogP contribution in [0.15, 0.2) is 47.5 Å². The van der Waals surface area contributed by atoms with Gasteiger partial charge in [-0.2, -0.15) is 0 Å². The molecule has 1 heterocycles. The Labute approximate surface area is 213 Å². The van der Waals surface area contributed by atoms with Crippen LogP contribution in [0.2, 0.25) is 10.0 Å². The number of rotatable bonds is 8. The van der Waals surface area contributed by atoms with E-state index in [9.17, 15) is 4.79 Å². The van der Waals surface area contributed by atoms with Gasteiger partial charge >= 0.3 is 5.97 Å². The minimum absolute atomic E-state index is 0.282. The summed E-state index contributed by atoms with van der Waals surface area (Å²) in [5, 5.41) is 10.9. The topological polar surface area (TPSA) is 66.2 Å². The predicted octanol–water partition coefficient (Wildman–Crippen LogP) is 6.64. The van der Waals surface area contributed by atoms with Gasteiger partial charge in [0, 0.05) is 15.3 Å². The molecule has 3 aromatic rings. The standard InChI is InChI=1S/C25H27Cl2N3O3S/c1-3-33-25(31)23-24(30(29-28-23)15-16-4-8-21(32-2)9-5-16)34-22-10-6-17(7-11-22)18-12-19(26)14-20(27)13-18/h4-5,8-9,12-14,17,22H,3,6-7,10-11,15H2,1-2H3/t17-,22+. The maximum absolute atomic E-state index is 12.6. The van der Waals surface area contributed by atoms with Crippen LogP contribution in [0.1, 0.15) is 60.1 Å². The van der Waals surface area contributed by atoms with Gasteiger partial charge in [0.1, 0.15) is 10.8 Å². The molecule has 4 rings (SSSR count). The van der Waals surface area contributed by atoms with Crippen molar-refractivity contribution in [3.05, 3.63) is 69.3 Å². The average molecular weight is 520 g/mol. The molecule has 0 atom stereocenters. The lowest BCUT2D eigenvalue weighted by Crippen LogP contribution is -2.17. The molecule has 0 unspecified atom stereocenters. The van der Waals surface area contributed by atoms with Crippen LogP contribution < -0.4 is 4.74 Å². The number of thioether (sulfide) groups is 1. The maximum Gasteiger partial charge on any atom is 0.361 e. The summed E-state index contributed by atoms with van der Waals surface area (Å²) < 4.78 is 12.3. The molecule has 0 saturated heterocycles. The van der Waals surface area contributed by atoms with E-state index in [1.165, 1.54) is 5.56 Å². The van der Waals surface area contributed by atoms with E-state index in [4.69, 9.17) is 32.7 Å². The Morgan fingerprint density at radius 2 is 1.76 bits per heavy atom. The van der Waals surface area contributed by atoms with Crippen molar-refractivity contribution in [2.24, 2.45) is 0 Å². The van der Waals surface area contributed by atoms with Gasteiger partial charge < -0.3 is 9.47 Å². The Hall–Kier alpha value is -2.22. The van der Waals surface area contributed by atoms with E-state index in [-0.39, 0.29) is 5.69 Å². The molecular weight excluding hydrogens is 493 g/mol. The fraction of sp³-hybridized carbons (Fsp3) is 0.400. The number of halogens is 2. The summed E-state index contributed by atoms with van der Waals surface area (Å²) in [6, 6.07) is 13.6. The number of esters is 1. The Morgan fingerprint density at radius 3 is 2.38 bits per heavy atom. The Balaban J connectivity index is 1.49. The van der Waals surface area contributed by atoms with E-state index in [2.05, 4.69) is 10.3 Å². The van der Waals surface area contributed by atoms with E-state index in [1.54, 1.807) is 36.5 Å². The van der Waals surface area contributed by atoms with Crippen molar-refractivity contribution < 1.29 is 14.3 Å². The molecule has 0 N–H and O–H groups in total. The number of carbonyl (C=O) groups is 1. The largest absolute Gasteiger partial charge is 0.497 e. The normalized spacial score (nSPS) is 18.0. The molecule has 0 bridgehead atoms. The van der Waals surface area contributed by atoms with E-state index in [0.717, 1.165) is 42.0 Å². The summed E-state index contributed by atoms with van der Waals surface area (Å²) in [6.45, 7) is 2.59. The Morgan fingerprint density at radius 1 is 1.09 bits per heavy atom. The third-order valence-corrected chi connectivity index (χ3v) is 7.83. The molecule has 180 valence electrons. The van der Waals surface area contributed by atoms with Crippen LogP contribution in [-0.4, -0.2) is 39.9 Å². The summed E-state index contributed by atoms with van der Waals surface area (Å²) in [7, 11) is 1.64. The second kappa shape index (κ2) is 11.5. The zero-order valence-corrected chi connectivity index (χ0v) is 21.5. The molecule has 1 aromatic heterocycles. The van der Waals surface area contributed by atoms with Gasteiger partial charge in [-0.25, -0.2) is 9.48 Å². The summed E-state index contributed by atoms with van der Waals surface area (Å²) in [4.78, 5) is 12.6.